The molecule has 0 aromatic carbocycles. The average molecular weight is 398 g/mol. The molecule has 0 saturated carbocycles. The molecule has 0 bridgehead atoms. The van der Waals surface area contributed by atoms with Gasteiger partial charge in [-0.15, -0.1) is 11.3 Å². The molecule has 1 aliphatic rings. The lowest BCUT2D eigenvalue weighted by Gasteiger charge is -2.29. The first-order chi connectivity index (χ1) is 13.5. The highest BCUT2D eigenvalue weighted by atomic mass is 32.1. The van der Waals surface area contributed by atoms with Gasteiger partial charge < -0.3 is 10.1 Å². The van der Waals surface area contributed by atoms with Crippen LogP contribution in [0.25, 0.3) is 5.95 Å². The van der Waals surface area contributed by atoms with E-state index in [0.717, 1.165) is 23.4 Å². The first-order valence-electron chi connectivity index (χ1n) is 9.13. The zero-order valence-corrected chi connectivity index (χ0v) is 16.8. The highest BCUT2D eigenvalue weighted by Crippen LogP contribution is 2.33. The maximum atomic E-state index is 12.6. The van der Waals surface area contributed by atoms with Crippen LogP contribution < -0.4 is 10.6 Å². The van der Waals surface area contributed by atoms with Gasteiger partial charge in [0, 0.05) is 28.8 Å². The number of aryl methyl sites for hydroxylation is 2. The van der Waals surface area contributed by atoms with Crippen molar-refractivity contribution in [2.24, 2.45) is 0 Å². The predicted octanol–water partition coefficient (Wildman–Crippen LogP) is 3.16. The molecule has 2 unspecified atom stereocenters. The summed E-state index contributed by atoms with van der Waals surface area (Å²) >= 11 is 1.74. The molecule has 3 aromatic heterocycles. The Morgan fingerprint density at radius 3 is 2.89 bits per heavy atom. The van der Waals surface area contributed by atoms with Crippen molar-refractivity contribution in [2.75, 3.05) is 11.9 Å². The molecule has 0 saturated heterocycles. The van der Waals surface area contributed by atoms with E-state index < -0.39 is 0 Å². The Morgan fingerprint density at radius 2 is 2.11 bits per heavy atom. The van der Waals surface area contributed by atoms with Crippen molar-refractivity contribution in [2.45, 2.75) is 39.3 Å². The molecule has 0 radical (unpaired) electrons. The molecule has 2 amide bonds. The van der Waals surface area contributed by atoms with Gasteiger partial charge in [0.2, 0.25) is 0 Å². The van der Waals surface area contributed by atoms with E-state index in [-0.39, 0.29) is 18.2 Å². The first kappa shape index (κ1) is 18.6. The number of ether oxygens (including phenoxy) is 1. The third-order valence-corrected chi connectivity index (χ3v) is 5.57. The molecular formula is C19H22N6O2S. The number of nitrogens with zero attached hydrogens (tertiary/aromatic N) is 4. The van der Waals surface area contributed by atoms with E-state index in [0.29, 0.717) is 18.4 Å². The van der Waals surface area contributed by atoms with Crippen LogP contribution >= 0.6 is 11.3 Å². The largest absolute Gasteiger partial charge is 0.371 e. The number of carbonyl (C=O) groups excluding carboxylic acids is 1. The van der Waals surface area contributed by atoms with E-state index in [1.807, 2.05) is 26.8 Å². The molecule has 0 aliphatic carbocycles. The number of carbonyl (C=O) groups is 1. The number of aromatic nitrogens is 4. The lowest BCUT2D eigenvalue weighted by Crippen LogP contribution is -2.42. The molecule has 2 atom stereocenters. The van der Waals surface area contributed by atoms with E-state index in [4.69, 9.17) is 4.74 Å². The van der Waals surface area contributed by atoms with E-state index >= 15 is 0 Å². The van der Waals surface area contributed by atoms with E-state index in [2.05, 4.69) is 37.1 Å². The van der Waals surface area contributed by atoms with Gasteiger partial charge in [-0.1, -0.05) is 0 Å². The van der Waals surface area contributed by atoms with Crippen molar-refractivity contribution in [3.05, 3.63) is 51.6 Å². The average Bonchev–Trinajstić information content (AvgIpc) is 3.29. The van der Waals surface area contributed by atoms with Gasteiger partial charge in [-0.05, 0) is 43.8 Å². The molecule has 1 aliphatic heterocycles. The van der Waals surface area contributed by atoms with Crippen LogP contribution in [0.4, 0.5) is 10.6 Å². The number of hydrogen-bond acceptors (Lipinski definition) is 6. The fraction of sp³-hybridized carbons (Fsp3) is 0.368. The van der Waals surface area contributed by atoms with Gasteiger partial charge in [-0.3, -0.25) is 5.32 Å². The van der Waals surface area contributed by atoms with E-state index in [1.54, 1.807) is 23.6 Å². The molecule has 146 valence electrons. The second kappa shape index (κ2) is 7.69. The molecule has 4 heterocycles. The van der Waals surface area contributed by atoms with Crippen molar-refractivity contribution in [3.63, 3.8) is 0 Å². The predicted molar refractivity (Wildman–Crippen MR) is 107 cm³/mol. The van der Waals surface area contributed by atoms with Crippen LogP contribution in [0.15, 0.2) is 29.8 Å². The Labute approximate surface area is 167 Å². The summed E-state index contributed by atoms with van der Waals surface area (Å²) in [5.74, 6) is 0.917. The topological polar surface area (TPSA) is 94.0 Å². The SMILES string of the molecule is Cc1cc(C)nc(-n2nccc2NC(=O)NC(C)C2OCCc3sccc32)n1. The number of anilines is 1. The normalized spacial score (nSPS) is 17.0. The maximum Gasteiger partial charge on any atom is 0.320 e. The van der Waals surface area contributed by atoms with Crippen LogP contribution in [-0.2, 0) is 11.2 Å². The van der Waals surface area contributed by atoms with Gasteiger partial charge in [0.15, 0.2) is 0 Å². The number of nitrogens with one attached hydrogen (secondary N) is 2. The number of urea groups is 1. The molecule has 0 fully saturated rings. The minimum atomic E-state index is -0.329. The minimum absolute atomic E-state index is 0.145. The Hall–Kier alpha value is -2.78. The summed E-state index contributed by atoms with van der Waals surface area (Å²) in [4.78, 5) is 22.7. The third kappa shape index (κ3) is 3.76. The van der Waals surface area contributed by atoms with Crippen LogP contribution in [0.2, 0.25) is 0 Å². The summed E-state index contributed by atoms with van der Waals surface area (Å²) < 4.78 is 7.42. The highest BCUT2D eigenvalue weighted by Gasteiger charge is 2.28. The molecule has 8 nitrogen and oxygen atoms in total. The quantitative estimate of drug-likeness (QED) is 0.704. The molecule has 9 heteroatoms. The van der Waals surface area contributed by atoms with Crippen molar-refractivity contribution in [3.8, 4) is 5.95 Å². The molecular weight excluding hydrogens is 376 g/mol. The van der Waals surface area contributed by atoms with Crippen molar-refractivity contribution in [1.29, 1.82) is 0 Å². The molecule has 2 N–H and O–H groups in total. The minimum Gasteiger partial charge on any atom is -0.371 e. The lowest BCUT2D eigenvalue weighted by molar-refractivity contribution is 0.0238. The first-order valence-corrected chi connectivity index (χ1v) is 10.0. The molecule has 3 aromatic rings. The molecule has 0 spiro atoms. The third-order valence-electron chi connectivity index (χ3n) is 4.57. The number of amides is 2. The fourth-order valence-corrected chi connectivity index (χ4v) is 4.28. The highest BCUT2D eigenvalue weighted by molar-refractivity contribution is 7.10. The van der Waals surface area contributed by atoms with Gasteiger partial charge >= 0.3 is 6.03 Å². The lowest BCUT2D eigenvalue weighted by atomic mass is 10.0. The Bertz CT molecular complexity index is 978. The number of hydrogen-bond donors (Lipinski definition) is 2. The zero-order valence-electron chi connectivity index (χ0n) is 16.0. The Balaban J connectivity index is 1.46. The van der Waals surface area contributed by atoms with Crippen LogP contribution in [-0.4, -0.2) is 38.4 Å². The molecule has 28 heavy (non-hydrogen) atoms. The number of thiophene rings is 1. The fourth-order valence-electron chi connectivity index (χ4n) is 3.38. The van der Waals surface area contributed by atoms with Crippen molar-refractivity contribution in [1.82, 2.24) is 25.1 Å². The standard InChI is InChI=1S/C19H22N6O2S/c1-11-10-12(2)22-18(21-11)25-16(4-7-20-25)24-19(26)23-13(3)17-14-6-9-28-15(14)5-8-27-17/h4,6-7,9-10,13,17H,5,8H2,1-3H3,(H2,23,24,26). The second-order valence-electron chi connectivity index (χ2n) is 6.81. The van der Waals surface area contributed by atoms with Crippen LogP contribution in [0, 0.1) is 13.8 Å². The van der Waals surface area contributed by atoms with Gasteiger partial charge in [-0.2, -0.15) is 9.78 Å². The Kier molecular flexibility index (Phi) is 5.10. The summed E-state index contributed by atoms with van der Waals surface area (Å²) in [7, 11) is 0. The van der Waals surface area contributed by atoms with Gasteiger partial charge in [0.05, 0.1) is 18.8 Å². The van der Waals surface area contributed by atoms with Crippen molar-refractivity contribution < 1.29 is 9.53 Å². The second-order valence-corrected chi connectivity index (χ2v) is 7.81. The molecule has 4 rings (SSSR count). The van der Waals surface area contributed by atoms with E-state index in [1.165, 1.54) is 9.56 Å². The number of fused-ring (bicyclic) bond motifs is 1. The summed E-state index contributed by atoms with van der Waals surface area (Å²) in [6.45, 7) is 6.40. The van der Waals surface area contributed by atoms with Gasteiger partial charge in [0.25, 0.3) is 5.95 Å². The van der Waals surface area contributed by atoms with Gasteiger partial charge in [0.1, 0.15) is 11.9 Å². The maximum absolute atomic E-state index is 12.6. The zero-order chi connectivity index (χ0) is 19.7. The summed E-state index contributed by atoms with van der Waals surface area (Å²) in [5, 5.41) is 12.1. The number of rotatable bonds is 4. The van der Waals surface area contributed by atoms with Crippen LogP contribution in [0.5, 0.6) is 0 Å². The van der Waals surface area contributed by atoms with Crippen molar-refractivity contribution >= 4 is 23.2 Å². The summed E-state index contributed by atoms with van der Waals surface area (Å²) in [5.41, 5.74) is 2.84. The Morgan fingerprint density at radius 1 is 1.32 bits per heavy atom. The smallest absolute Gasteiger partial charge is 0.320 e. The van der Waals surface area contributed by atoms with Crippen LogP contribution in [0.1, 0.15) is 34.9 Å². The van der Waals surface area contributed by atoms with Crippen LogP contribution in [0.3, 0.4) is 0 Å². The van der Waals surface area contributed by atoms with Gasteiger partial charge in [-0.25, -0.2) is 14.8 Å². The monoisotopic (exact) mass is 398 g/mol. The summed E-state index contributed by atoms with van der Waals surface area (Å²) in [6, 6.07) is 5.16. The summed E-state index contributed by atoms with van der Waals surface area (Å²) in [6.07, 6.45) is 2.38. The van der Waals surface area contributed by atoms with E-state index in [9.17, 15) is 4.79 Å².